The van der Waals surface area contributed by atoms with Gasteiger partial charge in [0.1, 0.15) is 5.75 Å². The Kier molecular flexibility index (Phi) is 4.08. The summed E-state index contributed by atoms with van der Waals surface area (Å²) in [5.41, 5.74) is 2.47. The van der Waals surface area contributed by atoms with Crippen molar-refractivity contribution in [3.63, 3.8) is 0 Å². The molecule has 0 fully saturated rings. The zero-order valence-electron chi connectivity index (χ0n) is 11.3. The zero-order chi connectivity index (χ0) is 13.8. The predicted octanol–water partition coefficient (Wildman–Crippen LogP) is 1.96. The van der Waals surface area contributed by atoms with Gasteiger partial charge in [0, 0.05) is 20.1 Å². The average Bonchev–Trinajstić information content (AvgIpc) is 2.78. The van der Waals surface area contributed by atoms with Crippen molar-refractivity contribution in [3.05, 3.63) is 29.3 Å². The van der Waals surface area contributed by atoms with E-state index < -0.39 is 0 Å². The molecule has 1 atom stereocenters. The lowest BCUT2D eigenvalue weighted by Crippen LogP contribution is -2.25. The van der Waals surface area contributed by atoms with Gasteiger partial charge in [0.15, 0.2) is 0 Å². The van der Waals surface area contributed by atoms with Crippen LogP contribution in [0.1, 0.15) is 23.6 Å². The van der Waals surface area contributed by atoms with E-state index in [9.17, 15) is 4.79 Å². The summed E-state index contributed by atoms with van der Waals surface area (Å²) in [6.45, 7) is 0.547. The van der Waals surface area contributed by atoms with Crippen LogP contribution in [0.4, 0.5) is 4.79 Å². The van der Waals surface area contributed by atoms with Gasteiger partial charge in [-0.15, -0.1) is 6.42 Å². The number of aryl methyl sites for hydroxylation is 1. The Balaban J connectivity index is 2.14. The number of ether oxygens (including phenoxy) is 1. The molecule has 1 aromatic carbocycles. The third-order valence-corrected chi connectivity index (χ3v) is 3.22. The summed E-state index contributed by atoms with van der Waals surface area (Å²) in [6, 6.07) is 6.04. The summed E-state index contributed by atoms with van der Waals surface area (Å²) in [7, 11) is 3.32. The molecule has 1 aromatic rings. The standard InChI is InChI=1S/C15H18N2O2/c1-4-9-16-14-8-6-11-5-7-12(10-13(11)14)19-15(18)17(2)3/h1,5,7,10,14,16H,6,8-9H2,2-3H3/t14-/m1/s1. The second-order valence-electron chi connectivity index (χ2n) is 4.80. The van der Waals surface area contributed by atoms with Crippen LogP contribution in [0.5, 0.6) is 5.75 Å². The van der Waals surface area contributed by atoms with E-state index in [0.29, 0.717) is 12.3 Å². The predicted molar refractivity (Wildman–Crippen MR) is 74.1 cm³/mol. The minimum absolute atomic E-state index is 0.254. The molecule has 1 N–H and O–H groups in total. The SMILES string of the molecule is C#CCN[C@@H]1CCc2ccc(OC(=O)N(C)C)cc21. The maximum atomic E-state index is 11.5. The van der Waals surface area contributed by atoms with Crippen molar-refractivity contribution in [2.75, 3.05) is 20.6 Å². The fourth-order valence-electron chi connectivity index (χ4n) is 2.23. The number of benzene rings is 1. The van der Waals surface area contributed by atoms with Crippen LogP contribution in [-0.4, -0.2) is 31.6 Å². The third-order valence-electron chi connectivity index (χ3n) is 3.22. The summed E-state index contributed by atoms with van der Waals surface area (Å²) in [4.78, 5) is 12.9. The topological polar surface area (TPSA) is 41.6 Å². The van der Waals surface area contributed by atoms with Gasteiger partial charge in [0.05, 0.1) is 6.54 Å². The maximum absolute atomic E-state index is 11.5. The first-order chi connectivity index (χ1) is 9.11. The molecule has 0 aromatic heterocycles. The number of terminal acetylenes is 1. The van der Waals surface area contributed by atoms with E-state index in [1.54, 1.807) is 14.1 Å². The van der Waals surface area contributed by atoms with Crippen LogP contribution in [0.3, 0.4) is 0 Å². The van der Waals surface area contributed by atoms with Crippen molar-refractivity contribution in [1.29, 1.82) is 0 Å². The molecule has 0 radical (unpaired) electrons. The Morgan fingerprint density at radius 1 is 1.58 bits per heavy atom. The molecule has 0 bridgehead atoms. The first-order valence-corrected chi connectivity index (χ1v) is 6.30. The number of carbonyl (C=O) groups excluding carboxylic acids is 1. The lowest BCUT2D eigenvalue weighted by molar-refractivity contribution is 0.172. The van der Waals surface area contributed by atoms with E-state index in [4.69, 9.17) is 11.2 Å². The zero-order valence-corrected chi connectivity index (χ0v) is 11.3. The number of hydrogen-bond donors (Lipinski definition) is 1. The molecule has 0 spiro atoms. The van der Waals surface area contributed by atoms with E-state index in [1.165, 1.54) is 16.0 Å². The summed E-state index contributed by atoms with van der Waals surface area (Å²) in [6.07, 6.45) is 6.96. The third kappa shape index (κ3) is 3.07. The van der Waals surface area contributed by atoms with Crippen LogP contribution >= 0.6 is 0 Å². The van der Waals surface area contributed by atoms with E-state index >= 15 is 0 Å². The number of carbonyl (C=O) groups is 1. The molecule has 0 heterocycles. The highest BCUT2D eigenvalue weighted by Gasteiger charge is 2.22. The van der Waals surface area contributed by atoms with Gasteiger partial charge in [0.2, 0.25) is 0 Å². The van der Waals surface area contributed by atoms with E-state index in [0.717, 1.165) is 12.8 Å². The highest BCUT2D eigenvalue weighted by atomic mass is 16.6. The largest absolute Gasteiger partial charge is 0.414 e. The molecule has 0 aliphatic heterocycles. The van der Waals surface area contributed by atoms with Crippen LogP contribution in [0, 0.1) is 12.3 Å². The van der Waals surface area contributed by atoms with Gasteiger partial charge in [-0.3, -0.25) is 5.32 Å². The van der Waals surface area contributed by atoms with Crippen molar-refractivity contribution in [2.45, 2.75) is 18.9 Å². The Morgan fingerprint density at radius 2 is 2.37 bits per heavy atom. The summed E-state index contributed by atoms with van der Waals surface area (Å²) >= 11 is 0. The molecule has 0 saturated carbocycles. The molecule has 1 aliphatic carbocycles. The second-order valence-corrected chi connectivity index (χ2v) is 4.80. The molecule has 4 heteroatoms. The Labute approximate surface area is 113 Å². The van der Waals surface area contributed by atoms with Crippen molar-refractivity contribution in [1.82, 2.24) is 10.2 Å². The van der Waals surface area contributed by atoms with Crippen molar-refractivity contribution < 1.29 is 9.53 Å². The number of nitrogens with one attached hydrogen (secondary N) is 1. The second kappa shape index (κ2) is 5.77. The molecule has 4 nitrogen and oxygen atoms in total. The smallest absolute Gasteiger partial charge is 0.410 e. The minimum atomic E-state index is -0.369. The number of amides is 1. The molecule has 100 valence electrons. The average molecular weight is 258 g/mol. The van der Waals surface area contributed by atoms with Crippen LogP contribution in [-0.2, 0) is 6.42 Å². The van der Waals surface area contributed by atoms with E-state index in [1.807, 2.05) is 18.2 Å². The monoisotopic (exact) mass is 258 g/mol. The first-order valence-electron chi connectivity index (χ1n) is 6.30. The molecule has 0 unspecified atom stereocenters. The van der Waals surface area contributed by atoms with Crippen molar-refractivity contribution in [2.24, 2.45) is 0 Å². The highest BCUT2D eigenvalue weighted by molar-refractivity contribution is 5.70. The van der Waals surface area contributed by atoms with Crippen molar-refractivity contribution in [3.8, 4) is 18.1 Å². The quantitative estimate of drug-likeness (QED) is 0.843. The van der Waals surface area contributed by atoms with Crippen LogP contribution in [0.15, 0.2) is 18.2 Å². The Hall–Kier alpha value is -1.99. The normalized spacial score (nSPS) is 16.6. The molecule has 0 saturated heterocycles. The summed E-state index contributed by atoms with van der Waals surface area (Å²) in [5, 5.41) is 3.30. The Morgan fingerprint density at radius 3 is 3.05 bits per heavy atom. The van der Waals surface area contributed by atoms with Crippen LogP contribution < -0.4 is 10.1 Å². The maximum Gasteiger partial charge on any atom is 0.414 e. The number of nitrogens with zero attached hydrogens (tertiary/aromatic N) is 1. The van der Waals surface area contributed by atoms with Gasteiger partial charge in [-0.2, -0.15) is 0 Å². The van der Waals surface area contributed by atoms with Crippen molar-refractivity contribution >= 4 is 6.09 Å². The van der Waals surface area contributed by atoms with Gasteiger partial charge in [-0.25, -0.2) is 4.79 Å². The molecule has 1 aliphatic rings. The highest BCUT2D eigenvalue weighted by Crippen LogP contribution is 2.33. The van der Waals surface area contributed by atoms with Gasteiger partial charge in [-0.1, -0.05) is 12.0 Å². The number of fused-ring (bicyclic) bond motifs is 1. The lowest BCUT2D eigenvalue weighted by atomic mass is 10.1. The molecule has 19 heavy (non-hydrogen) atoms. The number of rotatable bonds is 3. The van der Waals surface area contributed by atoms with Gasteiger partial charge in [-0.05, 0) is 36.1 Å². The molecule has 1 amide bonds. The summed E-state index contributed by atoms with van der Waals surface area (Å²) in [5.74, 6) is 3.16. The molecular weight excluding hydrogens is 240 g/mol. The number of hydrogen-bond acceptors (Lipinski definition) is 3. The van der Waals surface area contributed by atoms with Gasteiger partial charge >= 0.3 is 6.09 Å². The van der Waals surface area contributed by atoms with Crippen LogP contribution in [0.2, 0.25) is 0 Å². The van der Waals surface area contributed by atoms with E-state index in [2.05, 4.69) is 11.2 Å². The molecule has 2 rings (SSSR count). The van der Waals surface area contributed by atoms with Gasteiger partial charge < -0.3 is 9.64 Å². The lowest BCUT2D eigenvalue weighted by Gasteiger charge is -2.14. The molecular formula is C15H18N2O2. The summed E-state index contributed by atoms with van der Waals surface area (Å²) < 4.78 is 5.27. The minimum Gasteiger partial charge on any atom is -0.410 e. The fraction of sp³-hybridized carbons (Fsp3) is 0.400. The Bertz CT molecular complexity index is 517. The first kappa shape index (κ1) is 13.4. The van der Waals surface area contributed by atoms with E-state index in [-0.39, 0.29) is 12.1 Å². The fourth-order valence-corrected chi connectivity index (χ4v) is 2.23. The van der Waals surface area contributed by atoms with Gasteiger partial charge in [0.25, 0.3) is 0 Å². The van der Waals surface area contributed by atoms with Crippen LogP contribution in [0.25, 0.3) is 0 Å².